The summed E-state index contributed by atoms with van der Waals surface area (Å²) in [5.74, 6) is -0.209. The van der Waals surface area contributed by atoms with E-state index in [1.54, 1.807) is 6.92 Å². The van der Waals surface area contributed by atoms with E-state index in [1.807, 2.05) is 32.0 Å². The standard InChI is InChI=1S/C17H17BrFNO2/c1-10-4-6-15(11(2)8-10)20-17(21)12(3)22-16-7-5-13(19)9-14(16)18/h4-9,12H,1-3H3,(H,20,21). The number of ether oxygens (including phenoxy) is 1. The minimum atomic E-state index is -0.706. The highest BCUT2D eigenvalue weighted by molar-refractivity contribution is 9.10. The zero-order valence-electron chi connectivity index (χ0n) is 12.6. The average Bonchev–Trinajstić information content (AvgIpc) is 2.44. The van der Waals surface area contributed by atoms with Gasteiger partial charge in [0.2, 0.25) is 0 Å². The lowest BCUT2D eigenvalue weighted by Gasteiger charge is -2.17. The number of halogens is 2. The van der Waals surface area contributed by atoms with E-state index in [4.69, 9.17) is 4.74 Å². The summed E-state index contributed by atoms with van der Waals surface area (Å²) in [6.07, 6.45) is -0.706. The second-order valence-electron chi connectivity index (χ2n) is 5.14. The molecule has 2 aromatic carbocycles. The zero-order valence-corrected chi connectivity index (χ0v) is 14.2. The molecule has 0 aliphatic rings. The van der Waals surface area contributed by atoms with E-state index < -0.39 is 6.10 Å². The van der Waals surface area contributed by atoms with Gasteiger partial charge in [0.25, 0.3) is 5.91 Å². The molecule has 1 N–H and O–H groups in total. The molecule has 0 aliphatic heterocycles. The summed E-state index contributed by atoms with van der Waals surface area (Å²) in [6, 6.07) is 9.87. The Morgan fingerprint density at radius 1 is 1.23 bits per heavy atom. The van der Waals surface area contributed by atoms with Gasteiger partial charge in [0.15, 0.2) is 6.10 Å². The average molecular weight is 366 g/mol. The summed E-state index contributed by atoms with van der Waals surface area (Å²) in [5.41, 5.74) is 2.88. The predicted molar refractivity (Wildman–Crippen MR) is 88.7 cm³/mol. The second-order valence-corrected chi connectivity index (χ2v) is 6.00. The van der Waals surface area contributed by atoms with E-state index in [2.05, 4.69) is 21.2 Å². The maximum Gasteiger partial charge on any atom is 0.265 e. The van der Waals surface area contributed by atoms with Gasteiger partial charge in [-0.05, 0) is 66.5 Å². The third-order valence-corrected chi connectivity index (χ3v) is 3.83. The highest BCUT2D eigenvalue weighted by Gasteiger charge is 2.17. The fraction of sp³-hybridized carbons (Fsp3) is 0.235. The fourth-order valence-electron chi connectivity index (χ4n) is 2.00. The zero-order chi connectivity index (χ0) is 16.3. The molecule has 1 atom stereocenters. The number of carbonyl (C=O) groups is 1. The quantitative estimate of drug-likeness (QED) is 0.858. The molecule has 0 bridgehead atoms. The van der Waals surface area contributed by atoms with Crippen molar-refractivity contribution in [2.75, 3.05) is 5.32 Å². The van der Waals surface area contributed by atoms with Crippen molar-refractivity contribution in [2.45, 2.75) is 26.9 Å². The third-order valence-electron chi connectivity index (χ3n) is 3.21. The van der Waals surface area contributed by atoms with Crippen LogP contribution in [0.3, 0.4) is 0 Å². The van der Waals surface area contributed by atoms with Crippen LogP contribution in [0.5, 0.6) is 5.75 Å². The van der Waals surface area contributed by atoms with Crippen LogP contribution in [0.1, 0.15) is 18.1 Å². The molecule has 0 aliphatic carbocycles. The lowest BCUT2D eigenvalue weighted by Crippen LogP contribution is -2.30. The molecule has 0 fully saturated rings. The molecule has 2 rings (SSSR count). The van der Waals surface area contributed by atoms with Crippen LogP contribution in [0.15, 0.2) is 40.9 Å². The van der Waals surface area contributed by atoms with Crippen LogP contribution in [0.2, 0.25) is 0 Å². The van der Waals surface area contributed by atoms with Crippen LogP contribution < -0.4 is 10.1 Å². The predicted octanol–water partition coefficient (Wildman–Crippen LogP) is 4.61. The Kier molecular flexibility index (Phi) is 5.19. The van der Waals surface area contributed by atoms with Gasteiger partial charge < -0.3 is 10.1 Å². The minimum Gasteiger partial charge on any atom is -0.480 e. The van der Waals surface area contributed by atoms with Crippen molar-refractivity contribution in [2.24, 2.45) is 0 Å². The fourth-order valence-corrected chi connectivity index (χ4v) is 2.45. The number of amides is 1. The van der Waals surface area contributed by atoms with Gasteiger partial charge in [0.05, 0.1) is 4.47 Å². The van der Waals surface area contributed by atoms with E-state index in [0.717, 1.165) is 16.8 Å². The van der Waals surface area contributed by atoms with E-state index in [1.165, 1.54) is 18.2 Å². The number of aryl methyl sites for hydroxylation is 2. The minimum absolute atomic E-state index is 0.261. The van der Waals surface area contributed by atoms with Crippen LogP contribution in [0, 0.1) is 19.7 Å². The second kappa shape index (κ2) is 6.92. The highest BCUT2D eigenvalue weighted by atomic mass is 79.9. The highest BCUT2D eigenvalue weighted by Crippen LogP contribution is 2.26. The van der Waals surface area contributed by atoms with Crippen molar-refractivity contribution in [1.29, 1.82) is 0 Å². The molecule has 0 heterocycles. The molecule has 116 valence electrons. The van der Waals surface area contributed by atoms with E-state index in [9.17, 15) is 9.18 Å². The number of carbonyl (C=O) groups excluding carboxylic acids is 1. The molecule has 3 nitrogen and oxygen atoms in total. The van der Waals surface area contributed by atoms with Crippen molar-refractivity contribution in [1.82, 2.24) is 0 Å². The van der Waals surface area contributed by atoms with Crippen LogP contribution in [-0.2, 0) is 4.79 Å². The summed E-state index contributed by atoms with van der Waals surface area (Å²) < 4.78 is 19.1. The van der Waals surface area contributed by atoms with Crippen LogP contribution >= 0.6 is 15.9 Å². The van der Waals surface area contributed by atoms with E-state index in [-0.39, 0.29) is 11.7 Å². The summed E-state index contributed by atoms with van der Waals surface area (Å²) in [5, 5.41) is 2.83. The molecular formula is C17H17BrFNO2. The number of hydrogen-bond acceptors (Lipinski definition) is 2. The maximum absolute atomic E-state index is 13.0. The Morgan fingerprint density at radius 3 is 2.59 bits per heavy atom. The lowest BCUT2D eigenvalue weighted by atomic mass is 10.1. The number of nitrogens with one attached hydrogen (secondary N) is 1. The van der Waals surface area contributed by atoms with E-state index >= 15 is 0 Å². The first-order valence-corrected chi connectivity index (χ1v) is 7.66. The normalized spacial score (nSPS) is 11.9. The van der Waals surface area contributed by atoms with Crippen molar-refractivity contribution in [3.63, 3.8) is 0 Å². The van der Waals surface area contributed by atoms with Gasteiger partial charge in [-0.25, -0.2) is 4.39 Å². The Balaban J connectivity index is 2.05. The molecule has 0 aromatic heterocycles. The monoisotopic (exact) mass is 365 g/mol. The number of benzene rings is 2. The molecular weight excluding hydrogens is 349 g/mol. The summed E-state index contributed by atoms with van der Waals surface area (Å²) in [7, 11) is 0. The Labute approximate surface area is 137 Å². The maximum atomic E-state index is 13.0. The molecule has 0 saturated carbocycles. The van der Waals surface area contributed by atoms with Crippen molar-refractivity contribution in [3.8, 4) is 5.75 Å². The number of anilines is 1. The summed E-state index contributed by atoms with van der Waals surface area (Å²) in [6.45, 7) is 5.58. The number of hydrogen-bond donors (Lipinski definition) is 1. The molecule has 0 spiro atoms. The van der Waals surface area contributed by atoms with Crippen molar-refractivity contribution < 1.29 is 13.9 Å². The van der Waals surface area contributed by atoms with Crippen molar-refractivity contribution in [3.05, 3.63) is 57.8 Å². The first-order valence-electron chi connectivity index (χ1n) is 6.86. The van der Waals surface area contributed by atoms with Gasteiger partial charge in [0.1, 0.15) is 11.6 Å². The van der Waals surface area contributed by atoms with Gasteiger partial charge in [0, 0.05) is 5.69 Å². The smallest absolute Gasteiger partial charge is 0.265 e. The first-order chi connectivity index (χ1) is 10.4. The third kappa shape index (κ3) is 4.07. The van der Waals surface area contributed by atoms with E-state index in [0.29, 0.717) is 10.2 Å². The largest absolute Gasteiger partial charge is 0.480 e. The SMILES string of the molecule is Cc1ccc(NC(=O)C(C)Oc2ccc(F)cc2Br)c(C)c1. The molecule has 0 saturated heterocycles. The summed E-state index contributed by atoms with van der Waals surface area (Å²) in [4.78, 5) is 12.2. The first kappa shape index (κ1) is 16.5. The molecule has 22 heavy (non-hydrogen) atoms. The van der Waals surface area contributed by atoms with Crippen LogP contribution in [0.4, 0.5) is 10.1 Å². The van der Waals surface area contributed by atoms with Gasteiger partial charge >= 0.3 is 0 Å². The number of rotatable bonds is 4. The Morgan fingerprint density at radius 2 is 1.95 bits per heavy atom. The van der Waals surface area contributed by atoms with Gasteiger partial charge in [-0.2, -0.15) is 0 Å². The lowest BCUT2D eigenvalue weighted by molar-refractivity contribution is -0.122. The Hall–Kier alpha value is -1.88. The van der Waals surface area contributed by atoms with Crippen molar-refractivity contribution >= 4 is 27.5 Å². The molecule has 1 unspecified atom stereocenters. The summed E-state index contributed by atoms with van der Waals surface area (Å²) >= 11 is 3.21. The molecule has 5 heteroatoms. The molecule has 0 radical (unpaired) electrons. The topological polar surface area (TPSA) is 38.3 Å². The van der Waals surface area contributed by atoms with Crippen LogP contribution in [0.25, 0.3) is 0 Å². The molecule has 2 aromatic rings. The Bertz CT molecular complexity index is 703. The van der Waals surface area contributed by atoms with Gasteiger partial charge in [-0.1, -0.05) is 17.7 Å². The van der Waals surface area contributed by atoms with Crippen LogP contribution in [-0.4, -0.2) is 12.0 Å². The van der Waals surface area contributed by atoms with Gasteiger partial charge in [-0.15, -0.1) is 0 Å². The molecule has 1 amide bonds. The van der Waals surface area contributed by atoms with Gasteiger partial charge in [-0.3, -0.25) is 4.79 Å².